The number of alkyl halides is 3. The van der Waals surface area contributed by atoms with E-state index < -0.39 is 28.0 Å². The number of rotatable bonds is 6. The van der Waals surface area contributed by atoms with Crippen molar-refractivity contribution in [1.29, 1.82) is 0 Å². The lowest BCUT2D eigenvalue weighted by molar-refractivity contribution is -0.115. The first-order valence-electron chi connectivity index (χ1n) is 11.3. The van der Waals surface area contributed by atoms with E-state index in [0.29, 0.717) is 17.6 Å². The smallest absolute Gasteiger partial charge is 0.359 e. The molecule has 0 amide bonds. The molecule has 194 valence electrons. The molecule has 3 rings (SSSR count). The quantitative estimate of drug-likeness (QED) is 0.385. The van der Waals surface area contributed by atoms with Gasteiger partial charge < -0.3 is 10.6 Å². The SMILES string of the molecule is CC(Nc1nc(NCC(F)(F)F)c2nc(C#CC(C)(C)C)ccc2n1)C1=CCC(S(N)(=O)=O)C=CC1. The number of hydrogen-bond acceptors (Lipinski definition) is 7. The summed E-state index contributed by atoms with van der Waals surface area (Å²) in [7, 11) is -3.71. The molecule has 1 aliphatic rings. The molecule has 2 heterocycles. The number of nitrogens with zero attached hydrogens (tertiary/aromatic N) is 3. The molecule has 0 spiro atoms. The number of aromatic nitrogens is 3. The maximum Gasteiger partial charge on any atom is 0.405 e. The molecule has 0 saturated heterocycles. The van der Waals surface area contributed by atoms with Crippen LogP contribution in [0.4, 0.5) is 24.9 Å². The van der Waals surface area contributed by atoms with Crippen LogP contribution in [-0.4, -0.2) is 47.4 Å². The summed E-state index contributed by atoms with van der Waals surface area (Å²) in [6.45, 7) is 6.35. The third-order valence-corrected chi connectivity index (χ3v) is 6.40. The first-order chi connectivity index (χ1) is 16.6. The Morgan fingerprint density at radius 3 is 2.56 bits per heavy atom. The van der Waals surface area contributed by atoms with Crippen LogP contribution in [0.25, 0.3) is 11.0 Å². The van der Waals surface area contributed by atoms with E-state index >= 15 is 0 Å². The second kappa shape index (κ2) is 10.4. The average Bonchev–Trinajstić information content (AvgIpc) is 3.01. The summed E-state index contributed by atoms with van der Waals surface area (Å²) < 4.78 is 62.2. The first kappa shape index (κ1) is 27.4. The van der Waals surface area contributed by atoms with E-state index in [1.165, 1.54) is 0 Å². The maximum atomic E-state index is 13.0. The highest BCUT2D eigenvalue weighted by atomic mass is 32.2. The molecule has 0 radical (unpaired) electrons. The summed E-state index contributed by atoms with van der Waals surface area (Å²) in [5.74, 6) is 6.01. The Labute approximate surface area is 208 Å². The van der Waals surface area contributed by atoms with Gasteiger partial charge in [-0.05, 0) is 64.2 Å². The van der Waals surface area contributed by atoms with E-state index in [-0.39, 0.29) is 35.2 Å². The van der Waals surface area contributed by atoms with Crippen molar-refractivity contribution in [2.45, 2.75) is 58.0 Å². The minimum Gasteiger partial charge on any atom is -0.359 e. The van der Waals surface area contributed by atoms with E-state index in [9.17, 15) is 21.6 Å². The van der Waals surface area contributed by atoms with Crippen LogP contribution in [0.5, 0.6) is 0 Å². The highest BCUT2D eigenvalue weighted by Crippen LogP contribution is 2.25. The fraction of sp³-hybridized carbons (Fsp3) is 0.458. The number of pyridine rings is 1. The van der Waals surface area contributed by atoms with E-state index in [2.05, 4.69) is 37.4 Å². The summed E-state index contributed by atoms with van der Waals surface area (Å²) in [6, 6.07) is 2.96. The van der Waals surface area contributed by atoms with Gasteiger partial charge >= 0.3 is 6.18 Å². The monoisotopic (exact) mass is 522 g/mol. The number of hydrogen-bond donors (Lipinski definition) is 3. The Hall–Kier alpha value is -3.17. The number of nitrogens with one attached hydrogen (secondary N) is 2. The average molecular weight is 523 g/mol. The third-order valence-electron chi connectivity index (χ3n) is 5.20. The molecule has 2 aromatic rings. The molecule has 2 unspecified atom stereocenters. The van der Waals surface area contributed by atoms with Gasteiger partial charge in [0.2, 0.25) is 16.0 Å². The molecule has 2 atom stereocenters. The van der Waals surface area contributed by atoms with Crippen LogP contribution in [0, 0.1) is 17.3 Å². The van der Waals surface area contributed by atoms with Gasteiger partial charge in [-0.15, -0.1) is 0 Å². The van der Waals surface area contributed by atoms with Crippen molar-refractivity contribution in [3.8, 4) is 11.8 Å². The first-order valence-corrected chi connectivity index (χ1v) is 12.9. The number of anilines is 2. The summed E-state index contributed by atoms with van der Waals surface area (Å²) in [6.07, 6.45) is 1.31. The van der Waals surface area contributed by atoms with Gasteiger partial charge in [-0.3, -0.25) is 0 Å². The second-order valence-corrected chi connectivity index (χ2v) is 11.4. The molecule has 0 saturated carbocycles. The van der Waals surface area contributed by atoms with Crippen LogP contribution in [-0.2, 0) is 10.0 Å². The number of sulfonamides is 1. The molecule has 8 nitrogen and oxygen atoms in total. The zero-order valence-electron chi connectivity index (χ0n) is 20.4. The molecule has 2 aromatic heterocycles. The van der Waals surface area contributed by atoms with Crippen molar-refractivity contribution in [1.82, 2.24) is 15.0 Å². The van der Waals surface area contributed by atoms with Crippen molar-refractivity contribution in [3.05, 3.63) is 41.6 Å². The van der Waals surface area contributed by atoms with Crippen LogP contribution in [0.1, 0.15) is 46.2 Å². The zero-order valence-corrected chi connectivity index (χ0v) is 21.3. The van der Waals surface area contributed by atoms with Crippen molar-refractivity contribution in [2.24, 2.45) is 10.6 Å². The Kier molecular flexibility index (Phi) is 7.95. The highest BCUT2D eigenvalue weighted by molar-refractivity contribution is 7.89. The Morgan fingerprint density at radius 1 is 1.19 bits per heavy atom. The summed E-state index contributed by atoms with van der Waals surface area (Å²) in [5, 5.41) is 9.87. The van der Waals surface area contributed by atoms with Gasteiger partial charge in [0.15, 0.2) is 5.82 Å². The molecule has 0 aromatic carbocycles. The number of allylic oxidation sites excluding steroid dienone is 2. The molecule has 0 aliphatic heterocycles. The Morgan fingerprint density at radius 2 is 1.92 bits per heavy atom. The summed E-state index contributed by atoms with van der Waals surface area (Å²) in [4.78, 5) is 13.1. The minimum atomic E-state index is -4.46. The van der Waals surface area contributed by atoms with Gasteiger partial charge in [-0.1, -0.05) is 24.1 Å². The van der Waals surface area contributed by atoms with E-state index in [1.807, 2.05) is 27.7 Å². The van der Waals surface area contributed by atoms with E-state index in [0.717, 1.165) is 5.57 Å². The lowest BCUT2D eigenvalue weighted by Gasteiger charge is -2.18. The molecule has 1 aliphatic carbocycles. The Bertz CT molecular complexity index is 1350. The van der Waals surface area contributed by atoms with E-state index in [1.54, 1.807) is 30.4 Å². The lowest BCUT2D eigenvalue weighted by Crippen LogP contribution is -2.26. The van der Waals surface area contributed by atoms with Crippen LogP contribution in [0.15, 0.2) is 35.9 Å². The van der Waals surface area contributed by atoms with Crippen LogP contribution >= 0.6 is 0 Å². The van der Waals surface area contributed by atoms with Crippen molar-refractivity contribution in [2.75, 3.05) is 17.2 Å². The summed E-state index contributed by atoms with van der Waals surface area (Å²) in [5.41, 5.74) is 1.51. The fourth-order valence-corrected chi connectivity index (χ4v) is 4.07. The third kappa shape index (κ3) is 7.93. The topological polar surface area (TPSA) is 123 Å². The molecule has 0 bridgehead atoms. The van der Waals surface area contributed by atoms with Crippen LogP contribution in [0.3, 0.4) is 0 Å². The van der Waals surface area contributed by atoms with Gasteiger partial charge in [0.1, 0.15) is 17.8 Å². The number of primary sulfonamides is 1. The minimum absolute atomic E-state index is 0.0736. The summed E-state index contributed by atoms with van der Waals surface area (Å²) >= 11 is 0. The maximum absolute atomic E-state index is 13.0. The Balaban J connectivity index is 1.93. The second-order valence-electron chi connectivity index (χ2n) is 9.57. The van der Waals surface area contributed by atoms with Gasteiger partial charge in [-0.25, -0.2) is 23.5 Å². The molecule has 36 heavy (non-hydrogen) atoms. The molecular weight excluding hydrogens is 493 g/mol. The van der Waals surface area contributed by atoms with Gasteiger partial charge in [-0.2, -0.15) is 18.2 Å². The van der Waals surface area contributed by atoms with Gasteiger partial charge in [0, 0.05) is 11.5 Å². The number of nitrogens with two attached hydrogens (primary N) is 1. The largest absolute Gasteiger partial charge is 0.405 e. The highest BCUT2D eigenvalue weighted by Gasteiger charge is 2.28. The van der Waals surface area contributed by atoms with Crippen molar-refractivity contribution < 1.29 is 21.6 Å². The van der Waals surface area contributed by atoms with E-state index in [4.69, 9.17) is 5.14 Å². The number of fused-ring (bicyclic) bond motifs is 1. The predicted molar refractivity (Wildman–Crippen MR) is 135 cm³/mol. The van der Waals surface area contributed by atoms with Crippen LogP contribution < -0.4 is 15.8 Å². The van der Waals surface area contributed by atoms with Crippen molar-refractivity contribution >= 4 is 32.8 Å². The molecular formula is C24H29F3N6O2S. The fourth-order valence-electron chi connectivity index (χ4n) is 3.38. The predicted octanol–water partition coefficient (Wildman–Crippen LogP) is 4.13. The molecule has 0 fully saturated rings. The van der Waals surface area contributed by atoms with Crippen molar-refractivity contribution in [3.63, 3.8) is 0 Å². The standard InChI is InChI=1S/C24H29F3N6O2S/c1-15(16-6-5-7-18(10-8-16)36(28,34)35)30-22-32-19-11-9-17(12-13-23(2,3)4)31-20(19)21(33-22)29-14-24(25,26)27/h5,7-9,11,15,18H,6,10,14H2,1-4H3,(H2,28,34,35)(H2,29,30,32,33). The van der Waals surface area contributed by atoms with Crippen LogP contribution in [0.2, 0.25) is 0 Å². The zero-order chi connectivity index (χ0) is 26.7. The normalized spacial score (nSPS) is 17.6. The molecule has 4 N–H and O–H groups in total. The number of halogens is 3. The molecule has 12 heteroatoms. The van der Waals surface area contributed by atoms with Gasteiger partial charge in [0.25, 0.3) is 0 Å². The van der Waals surface area contributed by atoms with Gasteiger partial charge in [0.05, 0.1) is 10.8 Å². The lowest BCUT2D eigenvalue weighted by atomic mass is 9.98.